The molecule has 0 aliphatic rings. The molecule has 150 valence electrons. The molecule has 2 heterocycles. The van der Waals surface area contributed by atoms with Crippen LogP contribution in [0.3, 0.4) is 0 Å². The van der Waals surface area contributed by atoms with E-state index in [4.69, 9.17) is 9.97 Å². The van der Waals surface area contributed by atoms with Gasteiger partial charge in [0.25, 0.3) is 0 Å². The van der Waals surface area contributed by atoms with Crippen molar-refractivity contribution in [3.05, 3.63) is 94.4 Å². The van der Waals surface area contributed by atoms with Crippen molar-refractivity contribution < 1.29 is 0 Å². The number of hydrogen-bond donors (Lipinski definition) is 0. The van der Waals surface area contributed by atoms with Crippen LogP contribution in [0.5, 0.6) is 0 Å². The van der Waals surface area contributed by atoms with Crippen molar-refractivity contribution in [2.45, 2.75) is 46.1 Å². The van der Waals surface area contributed by atoms with Crippen molar-refractivity contribution >= 4 is 11.2 Å². The van der Waals surface area contributed by atoms with Gasteiger partial charge in [0.1, 0.15) is 11.3 Å². The minimum absolute atomic E-state index is 0.0949. The molecule has 0 spiro atoms. The van der Waals surface area contributed by atoms with E-state index in [9.17, 15) is 5.26 Å². The first-order chi connectivity index (χ1) is 14.6. The fourth-order valence-corrected chi connectivity index (χ4v) is 4.13. The molecule has 30 heavy (non-hydrogen) atoms. The third-order valence-electron chi connectivity index (χ3n) is 5.64. The molecule has 4 nitrogen and oxygen atoms in total. The molecule has 0 bridgehead atoms. The van der Waals surface area contributed by atoms with Crippen LogP contribution < -0.4 is 0 Å². The SMILES string of the molecule is CCc1nc2c(C)cc(C)nc2n1Cc1ccc(C(CC#N)c2ccccc2)cc1. The van der Waals surface area contributed by atoms with E-state index < -0.39 is 0 Å². The lowest BCUT2D eigenvalue weighted by atomic mass is 9.88. The van der Waals surface area contributed by atoms with Gasteiger partial charge in [-0.1, -0.05) is 61.5 Å². The predicted molar refractivity (Wildman–Crippen MR) is 120 cm³/mol. The van der Waals surface area contributed by atoms with Gasteiger partial charge in [0.15, 0.2) is 5.65 Å². The van der Waals surface area contributed by atoms with Gasteiger partial charge in [-0.3, -0.25) is 0 Å². The first-order valence-corrected chi connectivity index (χ1v) is 10.4. The second kappa shape index (κ2) is 8.51. The van der Waals surface area contributed by atoms with Crippen LogP contribution in [0.15, 0.2) is 60.7 Å². The highest BCUT2D eigenvalue weighted by Crippen LogP contribution is 2.28. The zero-order valence-electron chi connectivity index (χ0n) is 17.8. The maximum Gasteiger partial charge on any atom is 0.160 e. The quantitative estimate of drug-likeness (QED) is 0.421. The van der Waals surface area contributed by atoms with Crippen LogP contribution in [-0.4, -0.2) is 14.5 Å². The van der Waals surface area contributed by atoms with E-state index >= 15 is 0 Å². The summed E-state index contributed by atoms with van der Waals surface area (Å²) in [5, 5.41) is 9.32. The average Bonchev–Trinajstić information content (AvgIpc) is 3.11. The first kappa shape index (κ1) is 19.8. The summed E-state index contributed by atoms with van der Waals surface area (Å²) >= 11 is 0. The summed E-state index contributed by atoms with van der Waals surface area (Å²) in [6.45, 7) is 7.00. The number of nitriles is 1. The van der Waals surface area contributed by atoms with Crippen LogP contribution in [0.25, 0.3) is 11.2 Å². The molecule has 2 aromatic heterocycles. The number of imidazole rings is 1. The number of hydrogen-bond acceptors (Lipinski definition) is 3. The van der Waals surface area contributed by atoms with Crippen molar-refractivity contribution in [2.24, 2.45) is 0 Å². The number of aromatic nitrogens is 3. The van der Waals surface area contributed by atoms with E-state index in [2.05, 4.69) is 66.9 Å². The maximum absolute atomic E-state index is 9.32. The van der Waals surface area contributed by atoms with Gasteiger partial charge in [0.2, 0.25) is 0 Å². The molecule has 0 aliphatic heterocycles. The summed E-state index contributed by atoms with van der Waals surface area (Å²) in [6.07, 6.45) is 1.34. The van der Waals surface area contributed by atoms with Gasteiger partial charge >= 0.3 is 0 Å². The number of nitrogens with zero attached hydrogens (tertiary/aromatic N) is 4. The third-order valence-corrected chi connectivity index (χ3v) is 5.64. The lowest BCUT2D eigenvalue weighted by Crippen LogP contribution is -2.06. The Kier molecular flexibility index (Phi) is 5.63. The van der Waals surface area contributed by atoms with Crippen LogP contribution in [-0.2, 0) is 13.0 Å². The molecule has 0 aliphatic carbocycles. The molecule has 0 amide bonds. The molecule has 4 aromatic rings. The third kappa shape index (κ3) is 3.84. The Balaban J connectivity index is 1.67. The fourth-order valence-electron chi connectivity index (χ4n) is 4.13. The van der Waals surface area contributed by atoms with Crippen molar-refractivity contribution in [2.75, 3.05) is 0 Å². The van der Waals surface area contributed by atoms with E-state index in [-0.39, 0.29) is 5.92 Å². The van der Waals surface area contributed by atoms with E-state index in [1.807, 2.05) is 25.1 Å². The zero-order valence-corrected chi connectivity index (χ0v) is 17.8. The summed E-state index contributed by atoms with van der Waals surface area (Å²) in [7, 11) is 0. The summed E-state index contributed by atoms with van der Waals surface area (Å²) in [4.78, 5) is 9.62. The number of benzene rings is 2. The Bertz CT molecular complexity index is 1200. The Morgan fingerprint density at radius 3 is 2.33 bits per heavy atom. The van der Waals surface area contributed by atoms with Crippen LogP contribution >= 0.6 is 0 Å². The van der Waals surface area contributed by atoms with Gasteiger partial charge in [-0.2, -0.15) is 5.26 Å². The predicted octanol–water partition coefficient (Wildman–Crippen LogP) is 5.70. The lowest BCUT2D eigenvalue weighted by Gasteiger charge is -2.16. The zero-order chi connectivity index (χ0) is 21.1. The molecule has 1 atom stereocenters. The van der Waals surface area contributed by atoms with Gasteiger partial charge < -0.3 is 4.57 Å². The summed E-state index contributed by atoms with van der Waals surface area (Å²) in [6, 6.07) is 23.3. The van der Waals surface area contributed by atoms with Crippen LogP contribution in [0.4, 0.5) is 0 Å². The Morgan fingerprint density at radius 1 is 0.967 bits per heavy atom. The number of aryl methyl sites for hydroxylation is 3. The number of pyridine rings is 1. The van der Waals surface area contributed by atoms with E-state index in [1.54, 1.807) is 0 Å². The fraction of sp³-hybridized carbons (Fsp3) is 0.269. The normalized spacial score (nSPS) is 12.1. The Labute approximate surface area is 177 Å². The molecule has 2 aromatic carbocycles. The molecule has 0 fully saturated rings. The largest absolute Gasteiger partial charge is 0.308 e. The van der Waals surface area contributed by atoms with Crippen molar-refractivity contribution in [3.63, 3.8) is 0 Å². The molecule has 0 saturated heterocycles. The molecule has 4 rings (SSSR count). The van der Waals surface area contributed by atoms with Crippen LogP contribution in [0, 0.1) is 25.2 Å². The van der Waals surface area contributed by atoms with Crippen molar-refractivity contribution in [1.29, 1.82) is 5.26 Å². The first-order valence-electron chi connectivity index (χ1n) is 10.4. The standard InChI is InChI=1S/C26H26N4/c1-4-24-29-25-18(2)16-19(3)28-26(25)30(24)17-20-10-12-22(13-11-20)23(14-15-27)21-8-6-5-7-9-21/h5-13,16,23H,4,14,17H2,1-3H3. The summed E-state index contributed by atoms with van der Waals surface area (Å²) in [5.74, 6) is 1.15. The highest BCUT2D eigenvalue weighted by molar-refractivity contribution is 5.76. The highest BCUT2D eigenvalue weighted by Gasteiger charge is 2.16. The monoisotopic (exact) mass is 394 g/mol. The topological polar surface area (TPSA) is 54.5 Å². The van der Waals surface area contributed by atoms with Gasteiger partial charge in [-0.05, 0) is 42.2 Å². The smallest absolute Gasteiger partial charge is 0.160 e. The lowest BCUT2D eigenvalue weighted by molar-refractivity contribution is 0.744. The van der Waals surface area contributed by atoms with Crippen LogP contribution in [0.1, 0.15) is 53.0 Å². The molecule has 4 heteroatoms. The Morgan fingerprint density at radius 2 is 1.67 bits per heavy atom. The van der Waals surface area contributed by atoms with E-state index in [0.717, 1.165) is 35.6 Å². The van der Waals surface area contributed by atoms with Gasteiger partial charge in [-0.15, -0.1) is 0 Å². The van der Waals surface area contributed by atoms with Gasteiger partial charge in [0.05, 0.1) is 12.6 Å². The summed E-state index contributed by atoms with van der Waals surface area (Å²) in [5.41, 5.74) is 7.69. The molecule has 1 unspecified atom stereocenters. The molecule has 0 radical (unpaired) electrons. The second-order valence-corrected chi connectivity index (χ2v) is 7.79. The summed E-state index contributed by atoms with van der Waals surface area (Å²) < 4.78 is 2.23. The van der Waals surface area contributed by atoms with Gasteiger partial charge in [-0.25, -0.2) is 9.97 Å². The maximum atomic E-state index is 9.32. The average molecular weight is 395 g/mol. The van der Waals surface area contributed by atoms with Gasteiger partial charge in [0, 0.05) is 24.5 Å². The number of fused-ring (bicyclic) bond motifs is 1. The van der Waals surface area contributed by atoms with Crippen molar-refractivity contribution in [3.8, 4) is 6.07 Å². The van der Waals surface area contributed by atoms with E-state index in [0.29, 0.717) is 6.42 Å². The highest BCUT2D eigenvalue weighted by atomic mass is 15.1. The minimum atomic E-state index is 0.0949. The Hall–Kier alpha value is -3.45. The van der Waals surface area contributed by atoms with Crippen LogP contribution in [0.2, 0.25) is 0 Å². The number of rotatable bonds is 6. The molecule has 0 saturated carbocycles. The molecular weight excluding hydrogens is 368 g/mol. The van der Waals surface area contributed by atoms with E-state index in [1.165, 1.54) is 22.3 Å². The second-order valence-electron chi connectivity index (χ2n) is 7.79. The van der Waals surface area contributed by atoms with Crippen molar-refractivity contribution in [1.82, 2.24) is 14.5 Å². The molecular formula is C26H26N4. The minimum Gasteiger partial charge on any atom is -0.308 e. The molecule has 0 N–H and O–H groups in total.